The second-order valence-corrected chi connectivity index (χ2v) is 12.2. The first kappa shape index (κ1) is 29.2. The van der Waals surface area contributed by atoms with Gasteiger partial charge >= 0.3 is 21.1 Å². The van der Waals surface area contributed by atoms with Crippen LogP contribution in [0.5, 0.6) is 11.5 Å². The Bertz CT molecular complexity index is 2440. The second kappa shape index (κ2) is 11.2. The van der Waals surface area contributed by atoms with Gasteiger partial charge in [-0.2, -0.15) is 17.2 Å². The van der Waals surface area contributed by atoms with Crippen LogP contribution in [0, 0.1) is 12.1 Å². The third-order valence-electron chi connectivity index (χ3n) is 9.11. The topological polar surface area (TPSA) is 44.9 Å². The van der Waals surface area contributed by atoms with Crippen LogP contribution >= 0.6 is 0 Å². The number of pyridine rings is 1. The Labute approximate surface area is 287 Å². The van der Waals surface area contributed by atoms with Crippen LogP contribution < -0.4 is 4.74 Å². The van der Waals surface area contributed by atoms with Gasteiger partial charge in [-0.25, -0.2) is 4.98 Å². The van der Waals surface area contributed by atoms with Gasteiger partial charge in [-0.15, -0.1) is 35.7 Å². The van der Waals surface area contributed by atoms with Crippen LogP contribution in [-0.4, -0.2) is 19.3 Å². The van der Waals surface area contributed by atoms with Gasteiger partial charge in [-0.05, 0) is 51.5 Å². The van der Waals surface area contributed by atoms with E-state index in [4.69, 9.17) is 9.84 Å². The zero-order valence-electron chi connectivity index (χ0n) is 25.7. The molecule has 0 saturated heterocycles. The average Bonchev–Trinajstić information content (AvgIpc) is 3.67. The average molecular weight is 788 g/mol. The normalized spacial score (nSPS) is 12.9. The Balaban J connectivity index is 0.00000324. The zero-order chi connectivity index (χ0) is 30.8. The van der Waals surface area contributed by atoms with Crippen molar-refractivity contribution < 1.29 is 25.8 Å². The Morgan fingerprint density at radius 2 is 1.36 bits per heavy atom. The van der Waals surface area contributed by atoms with Crippen LogP contribution in [0.4, 0.5) is 0 Å². The van der Waals surface area contributed by atoms with Gasteiger partial charge in [0, 0.05) is 34.2 Å². The van der Waals surface area contributed by atoms with E-state index in [-0.39, 0.29) is 26.5 Å². The van der Waals surface area contributed by atoms with Gasteiger partial charge in [-0.3, -0.25) is 4.68 Å². The van der Waals surface area contributed by atoms with E-state index in [1.807, 2.05) is 65.6 Å². The maximum absolute atomic E-state index is 6.46. The molecule has 1 aliphatic carbocycles. The van der Waals surface area contributed by atoms with Gasteiger partial charge in [0.05, 0.1) is 11.9 Å². The Kier molecular flexibility index (Phi) is 6.96. The largest absolute Gasteiger partial charge is 2.00 e. The van der Waals surface area contributed by atoms with E-state index in [1.54, 1.807) is 0 Å². The summed E-state index contributed by atoms with van der Waals surface area (Å²) in [6.45, 7) is 4.56. The van der Waals surface area contributed by atoms with Crippen LogP contribution in [-0.2, 0) is 26.5 Å². The molecule has 9 rings (SSSR count). The van der Waals surface area contributed by atoms with Crippen LogP contribution in [0.25, 0.3) is 55.6 Å². The molecule has 0 aliphatic heterocycles. The fourth-order valence-electron chi connectivity index (χ4n) is 7.07. The van der Waals surface area contributed by atoms with Crippen LogP contribution in [0.3, 0.4) is 0 Å². The number of aromatic nitrogens is 4. The molecule has 0 bridgehead atoms. The number of fused-ring (bicyclic) bond motifs is 8. The minimum atomic E-state index is -0.330. The number of benzene rings is 5. The third kappa shape index (κ3) is 4.57. The van der Waals surface area contributed by atoms with Crippen molar-refractivity contribution in [2.75, 3.05) is 0 Å². The number of nitrogens with zero attached hydrogens (tertiary/aromatic N) is 4. The molecule has 228 valence electrons. The molecule has 3 aromatic heterocycles. The molecule has 1 aliphatic rings. The van der Waals surface area contributed by atoms with Gasteiger partial charge in [0.15, 0.2) is 0 Å². The molecule has 3 heterocycles. The van der Waals surface area contributed by atoms with Crippen LogP contribution in [0.15, 0.2) is 134 Å². The van der Waals surface area contributed by atoms with Crippen molar-refractivity contribution in [2.45, 2.75) is 19.3 Å². The van der Waals surface area contributed by atoms with Gasteiger partial charge in [0.1, 0.15) is 5.82 Å². The molecule has 0 amide bonds. The van der Waals surface area contributed by atoms with Crippen molar-refractivity contribution in [1.29, 1.82) is 0 Å². The van der Waals surface area contributed by atoms with Gasteiger partial charge < -0.3 is 9.30 Å². The SMILES string of the molecule is CC1(C)c2ccccc2-c2ccccc2-c2cnn(-c3[c-]c(Oc4[c-]c5c(cc4)c4ccccc4n5-c4ccccn4)ccc3)c21.[Pt+2]. The van der Waals surface area contributed by atoms with Gasteiger partial charge in [0.2, 0.25) is 0 Å². The summed E-state index contributed by atoms with van der Waals surface area (Å²) >= 11 is 0. The molecule has 5 aromatic carbocycles. The summed E-state index contributed by atoms with van der Waals surface area (Å²) < 4.78 is 10.6. The maximum Gasteiger partial charge on any atom is 2.00 e. The first-order valence-electron chi connectivity index (χ1n) is 15.4. The van der Waals surface area contributed by atoms with Crippen molar-refractivity contribution in [3.63, 3.8) is 0 Å². The fourth-order valence-corrected chi connectivity index (χ4v) is 7.07. The monoisotopic (exact) mass is 787 g/mol. The van der Waals surface area contributed by atoms with E-state index in [0.29, 0.717) is 11.5 Å². The molecule has 47 heavy (non-hydrogen) atoms. The molecule has 5 nitrogen and oxygen atoms in total. The Morgan fingerprint density at radius 1 is 0.638 bits per heavy atom. The molecule has 0 spiro atoms. The van der Waals surface area contributed by atoms with Crippen molar-refractivity contribution in [3.8, 4) is 45.3 Å². The van der Waals surface area contributed by atoms with E-state index in [1.165, 1.54) is 22.3 Å². The summed E-state index contributed by atoms with van der Waals surface area (Å²) in [5.74, 6) is 2.02. The van der Waals surface area contributed by atoms with E-state index < -0.39 is 0 Å². The molecular weight excluding hydrogens is 760 g/mol. The summed E-state index contributed by atoms with van der Waals surface area (Å²) in [7, 11) is 0. The van der Waals surface area contributed by atoms with E-state index in [9.17, 15) is 0 Å². The van der Waals surface area contributed by atoms with E-state index in [0.717, 1.165) is 44.6 Å². The molecule has 0 unspecified atom stereocenters. The summed E-state index contributed by atoms with van der Waals surface area (Å²) in [5, 5.41) is 7.18. The third-order valence-corrected chi connectivity index (χ3v) is 9.11. The number of hydrogen-bond acceptors (Lipinski definition) is 3. The quantitative estimate of drug-likeness (QED) is 0.167. The van der Waals surface area contributed by atoms with Crippen molar-refractivity contribution in [2.24, 2.45) is 0 Å². The number of hydrogen-bond donors (Lipinski definition) is 0. The fraction of sp³-hybridized carbons (Fsp3) is 0.0732. The molecule has 0 atom stereocenters. The Morgan fingerprint density at radius 3 is 2.19 bits per heavy atom. The zero-order valence-corrected chi connectivity index (χ0v) is 28.0. The summed E-state index contributed by atoms with van der Waals surface area (Å²) in [5.41, 5.74) is 9.62. The van der Waals surface area contributed by atoms with Gasteiger partial charge in [-0.1, -0.05) is 92.2 Å². The molecule has 0 radical (unpaired) electrons. The number of ether oxygens (including phenoxy) is 1. The van der Waals surface area contributed by atoms with Crippen LogP contribution in [0.1, 0.15) is 25.1 Å². The predicted molar refractivity (Wildman–Crippen MR) is 183 cm³/mol. The molecule has 0 saturated carbocycles. The van der Waals surface area contributed by atoms with E-state index >= 15 is 0 Å². The molecular formula is C41H28N4OPt. The second-order valence-electron chi connectivity index (χ2n) is 12.2. The summed E-state index contributed by atoms with van der Waals surface area (Å²) in [6, 6.07) is 48.6. The minimum Gasteiger partial charge on any atom is -0.509 e. The van der Waals surface area contributed by atoms with Gasteiger partial charge in [0.25, 0.3) is 0 Å². The number of para-hydroxylation sites is 1. The molecule has 0 N–H and O–H groups in total. The predicted octanol–water partition coefficient (Wildman–Crippen LogP) is 9.73. The molecule has 0 fully saturated rings. The first-order valence-corrected chi connectivity index (χ1v) is 15.4. The molecule has 8 aromatic rings. The first-order chi connectivity index (χ1) is 22.6. The Hall–Kier alpha value is -5.25. The van der Waals surface area contributed by atoms with Crippen molar-refractivity contribution in [1.82, 2.24) is 19.3 Å². The van der Waals surface area contributed by atoms with Crippen LogP contribution in [0.2, 0.25) is 0 Å². The maximum atomic E-state index is 6.46. The number of rotatable bonds is 4. The smallest absolute Gasteiger partial charge is 0.509 e. The summed E-state index contributed by atoms with van der Waals surface area (Å²) in [6.07, 6.45) is 3.80. The van der Waals surface area contributed by atoms with E-state index in [2.05, 4.69) is 108 Å². The van der Waals surface area contributed by atoms with Crippen molar-refractivity contribution in [3.05, 3.63) is 157 Å². The molecule has 6 heteroatoms. The van der Waals surface area contributed by atoms with Crippen molar-refractivity contribution >= 4 is 21.8 Å². The summed E-state index contributed by atoms with van der Waals surface area (Å²) in [4.78, 5) is 4.64. The minimum absolute atomic E-state index is 0. The standard InChI is InChI=1S/C41H28N4O.Pt/c1-41(2)36-18-7-5-16-32(36)30-14-3-4-15-31(30)35-26-43-45(40(35)41)27-12-11-13-28(24-27)46-29-21-22-34-33-17-6-8-19-37(33)44(38(34)25-29)39-20-9-10-23-42-39;/h3-23,26H,1-2H3;/q-2;+2.